The number of carbonyl (C=O) groups excluding carboxylic acids is 2. The van der Waals surface area contributed by atoms with Gasteiger partial charge in [-0.15, -0.1) is 0 Å². The lowest BCUT2D eigenvalue weighted by Crippen LogP contribution is -2.57. The van der Waals surface area contributed by atoms with Crippen molar-refractivity contribution in [3.05, 3.63) is 0 Å². The van der Waals surface area contributed by atoms with Crippen molar-refractivity contribution >= 4 is 11.9 Å². The van der Waals surface area contributed by atoms with Gasteiger partial charge in [0, 0.05) is 51.2 Å². The number of carbonyl (C=O) groups is 2. The molecule has 19 heavy (non-hydrogen) atoms. The molecule has 0 bridgehead atoms. The molecule has 6 heteroatoms. The van der Waals surface area contributed by atoms with Crippen LogP contribution < -0.4 is 5.73 Å². The summed E-state index contributed by atoms with van der Waals surface area (Å²) in [5, 5.41) is 0. The van der Waals surface area contributed by atoms with Crippen LogP contribution in [0.4, 0.5) is 4.79 Å². The topological polar surface area (TPSA) is 69.9 Å². The molecule has 3 rings (SSSR count). The number of amides is 3. The molecule has 0 aromatic rings. The Morgan fingerprint density at radius 1 is 1.05 bits per heavy atom. The van der Waals surface area contributed by atoms with Crippen LogP contribution in [0.25, 0.3) is 0 Å². The van der Waals surface area contributed by atoms with Crippen molar-refractivity contribution in [2.45, 2.75) is 37.8 Å². The van der Waals surface area contributed by atoms with Crippen LogP contribution in [0.1, 0.15) is 25.7 Å². The normalized spacial score (nSPS) is 29.7. The molecule has 3 saturated heterocycles. The lowest BCUT2D eigenvalue weighted by molar-refractivity contribution is -0.131. The molecular formula is C13H22N4O2. The van der Waals surface area contributed by atoms with Crippen molar-refractivity contribution in [1.82, 2.24) is 14.7 Å². The fraction of sp³-hybridized carbons (Fsp3) is 0.846. The highest BCUT2D eigenvalue weighted by molar-refractivity contribution is 5.79. The van der Waals surface area contributed by atoms with E-state index in [1.165, 1.54) is 0 Å². The van der Waals surface area contributed by atoms with Crippen LogP contribution in [0, 0.1) is 0 Å². The Hall–Kier alpha value is -1.30. The second-order valence-electron chi connectivity index (χ2n) is 5.83. The van der Waals surface area contributed by atoms with Crippen molar-refractivity contribution in [2.75, 3.05) is 32.7 Å². The summed E-state index contributed by atoms with van der Waals surface area (Å²) >= 11 is 0. The van der Waals surface area contributed by atoms with Gasteiger partial charge in [-0.2, -0.15) is 0 Å². The predicted molar refractivity (Wildman–Crippen MR) is 70.5 cm³/mol. The van der Waals surface area contributed by atoms with Gasteiger partial charge in [-0.3, -0.25) is 9.69 Å². The average Bonchev–Trinajstić information content (AvgIpc) is 2.80. The van der Waals surface area contributed by atoms with E-state index in [1.807, 2.05) is 0 Å². The van der Waals surface area contributed by atoms with Gasteiger partial charge < -0.3 is 15.5 Å². The molecule has 0 aromatic carbocycles. The van der Waals surface area contributed by atoms with Gasteiger partial charge in [0.1, 0.15) is 0 Å². The summed E-state index contributed by atoms with van der Waals surface area (Å²) in [6, 6.07) is 0.675. The van der Waals surface area contributed by atoms with Crippen molar-refractivity contribution in [3.8, 4) is 0 Å². The van der Waals surface area contributed by atoms with E-state index in [0.717, 1.165) is 58.4 Å². The van der Waals surface area contributed by atoms with Crippen LogP contribution in [0.2, 0.25) is 0 Å². The summed E-state index contributed by atoms with van der Waals surface area (Å²) in [7, 11) is 0. The number of urea groups is 1. The fourth-order valence-electron chi connectivity index (χ4n) is 3.67. The van der Waals surface area contributed by atoms with Crippen LogP contribution in [-0.2, 0) is 4.79 Å². The Balaban J connectivity index is 1.54. The highest BCUT2D eigenvalue weighted by atomic mass is 16.2. The maximum absolute atomic E-state index is 11.7. The quantitative estimate of drug-likeness (QED) is 0.717. The number of hydrogen-bond donors (Lipinski definition) is 1. The van der Waals surface area contributed by atoms with Crippen LogP contribution >= 0.6 is 0 Å². The second kappa shape index (κ2) is 5.00. The third-order valence-corrected chi connectivity index (χ3v) is 4.82. The van der Waals surface area contributed by atoms with Crippen LogP contribution in [0.15, 0.2) is 0 Å². The van der Waals surface area contributed by atoms with E-state index in [0.29, 0.717) is 18.0 Å². The number of nitrogens with zero attached hydrogens (tertiary/aromatic N) is 3. The summed E-state index contributed by atoms with van der Waals surface area (Å²) in [5.41, 5.74) is 5.31. The van der Waals surface area contributed by atoms with Gasteiger partial charge in [-0.1, -0.05) is 0 Å². The number of piperidine rings is 1. The summed E-state index contributed by atoms with van der Waals surface area (Å²) in [5.74, 6) is 0.327. The zero-order valence-electron chi connectivity index (χ0n) is 11.3. The Kier molecular flexibility index (Phi) is 3.35. The molecule has 3 heterocycles. The van der Waals surface area contributed by atoms with Gasteiger partial charge >= 0.3 is 6.03 Å². The Labute approximate surface area is 113 Å². The average molecular weight is 266 g/mol. The first-order valence-electron chi connectivity index (χ1n) is 7.23. The molecule has 2 N–H and O–H groups in total. The molecule has 1 atom stereocenters. The summed E-state index contributed by atoms with van der Waals surface area (Å²) in [6.07, 6.45) is 3.74. The predicted octanol–water partition coefficient (Wildman–Crippen LogP) is -0.164. The molecule has 0 radical (unpaired) electrons. The molecule has 3 fully saturated rings. The van der Waals surface area contributed by atoms with Gasteiger partial charge in [0.2, 0.25) is 5.91 Å². The van der Waals surface area contributed by atoms with E-state index < -0.39 is 0 Å². The first kappa shape index (κ1) is 12.7. The number of hydrogen-bond acceptors (Lipinski definition) is 3. The number of primary amides is 1. The third-order valence-electron chi connectivity index (χ3n) is 4.82. The third kappa shape index (κ3) is 2.41. The minimum Gasteiger partial charge on any atom is -0.351 e. The minimum absolute atomic E-state index is 0.301. The molecule has 0 saturated carbocycles. The molecule has 3 amide bonds. The minimum atomic E-state index is -0.301. The fourth-order valence-corrected chi connectivity index (χ4v) is 3.67. The standard InChI is InChI=1S/C13H22N4O2/c14-13(19)15-5-3-10(4-6-15)16-7-8-17-11(9-16)1-2-12(17)18/h10-11H,1-9H2,(H2,14,19)/t11-/m0/s1. The highest BCUT2D eigenvalue weighted by Gasteiger charge is 2.38. The number of likely N-dealkylation sites (tertiary alicyclic amines) is 1. The summed E-state index contributed by atoms with van der Waals surface area (Å²) < 4.78 is 0. The molecule has 0 unspecified atom stereocenters. The Morgan fingerprint density at radius 2 is 1.79 bits per heavy atom. The molecule has 3 aliphatic rings. The van der Waals surface area contributed by atoms with E-state index in [9.17, 15) is 9.59 Å². The summed E-state index contributed by atoms with van der Waals surface area (Å²) in [4.78, 5) is 29.1. The molecule has 0 aliphatic carbocycles. The summed E-state index contributed by atoms with van der Waals surface area (Å²) in [6.45, 7) is 4.39. The largest absolute Gasteiger partial charge is 0.351 e. The smallest absolute Gasteiger partial charge is 0.314 e. The van der Waals surface area contributed by atoms with E-state index in [4.69, 9.17) is 5.73 Å². The van der Waals surface area contributed by atoms with E-state index in [-0.39, 0.29) is 6.03 Å². The van der Waals surface area contributed by atoms with Crippen LogP contribution in [-0.4, -0.2) is 71.4 Å². The van der Waals surface area contributed by atoms with E-state index in [2.05, 4.69) is 9.80 Å². The molecule has 3 aliphatic heterocycles. The molecule has 106 valence electrons. The Morgan fingerprint density at radius 3 is 2.47 bits per heavy atom. The van der Waals surface area contributed by atoms with Gasteiger partial charge in [0.05, 0.1) is 0 Å². The van der Waals surface area contributed by atoms with E-state index in [1.54, 1.807) is 4.90 Å². The lowest BCUT2D eigenvalue weighted by Gasteiger charge is -2.44. The monoisotopic (exact) mass is 266 g/mol. The number of piperazine rings is 1. The maximum Gasteiger partial charge on any atom is 0.314 e. The van der Waals surface area contributed by atoms with Gasteiger partial charge in [-0.25, -0.2) is 4.79 Å². The molecule has 0 aromatic heterocycles. The maximum atomic E-state index is 11.7. The lowest BCUT2D eigenvalue weighted by atomic mass is 10.0. The molecule has 6 nitrogen and oxygen atoms in total. The van der Waals surface area contributed by atoms with Crippen molar-refractivity contribution in [3.63, 3.8) is 0 Å². The van der Waals surface area contributed by atoms with Gasteiger partial charge in [0.15, 0.2) is 0 Å². The highest BCUT2D eigenvalue weighted by Crippen LogP contribution is 2.26. The van der Waals surface area contributed by atoms with Gasteiger partial charge in [0.25, 0.3) is 0 Å². The van der Waals surface area contributed by atoms with Crippen LogP contribution in [0.5, 0.6) is 0 Å². The zero-order valence-corrected chi connectivity index (χ0v) is 11.3. The molecule has 0 spiro atoms. The first-order chi connectivity index (χ1) is 9.15. The van der Waals surface area contributed by atoms with Crippen molar-refractivity contribution in [1.29, 1.82) is 0 Å². The van der Waals surface area contributed by atoms with E-state index >= 15 is 0 Å². The Bertz CT molecular complexity index is 379. The molecular weight excluding hydrogens is 244 g/mol. The second-order valence-corrected chi connectivity index (χ2v) is 5.83. The van der Waals surface area contributed by atoms with Crippen molar-refractivity contribution < 1.29 is 9.59 Å². The van der Waals surface area contributed by atoms with Gasteiger partial charge in [-0.05, 0) is 19.3 Å². The SMILES string of the molecule is NC(=O)N1CCC(N2CCN3C(=O)CC[C@H]3C2)CC1. The van der Waals surface area contributed by atoms with Crippen LogP contribution in [0.3, 0.4) is 0 Å². The van der Waals surface area contributed by atoms with Crippen molar-refractivity contribution in [2.24, 2.45) is 5.73 Å². The number of fused-ring (bicyclic) bond motifs is 1. The number of nitrogens with two attached hydrogens (primary N) is 1. The zero-order chi connectivity index (χ0) is 13.4. The first-order valence-corrected chi connectivity index (χ1v) is 7.23. The number of rotatable bonds is 1.